The number of hydrogen-bond donors (Lipinski definition) is 1. The van der Waals surface area contributed by atoms with E-state index in [0.29, 0.717) is 0 Å². The molecule has 0 aliphatic carbocycles. The Morgan fingerprint density at radius 2 is 2.40 bits per heavy atom. The molecule has 0 aliphatic rings. The fourth-order valence-corrected chi connectivity index (χ4v) is 0.344. The zero-order chi connectivity index (χ0) is 7.98. The molecule has 0 fully saturated rings. The molecule has 0 bridgehead atoms. The maximum Gasteiger partial charge on any atom is 0.0589 e. The largest absolute Gasteiger partial charge is 0.304 e. The Balaban J connectivity index is 3.60. The summed E-state index contributed by atoms with van der Waals surface area (Å²) in [5.74, 6) is 0. The number of rotatable bonds is 4. The second kappa shape index (κ2) is 5.03. The van der Waals surface area contributed by atoms with Gasteiger partial charge in [-0.05, 0) is 20.3 Å². The molecule has 0 spiro atoms. The van der Waals surface area contributed by atoms with Crippen LogP contribution in [0.1, 0.15) is 27.2 Å². The maximum absolute atomic E-state index is 4.11. The van der Waals surface area contributed by atoms with E-state index in [1.54, 1.807) is 0 Å². The fraction of sp³-hybridized carbons (Fsp3) is 0.625. The minimum atomic E-state index is 0.265. The average Bonchev–Trinajstić information content (AvgIpc) is 1.99. The van der Waals surface area contributed by atoms with Gasteiger partial charge < -0.3 is 5.43 Å². The first-order chi connectivity index (χ1) is 4.70. The molecule has 0 amide bonds. The summed E-state index contributed by atoms with van der Waals surface area (Å²) in [4.78, 5) is 0. The summed E-state index contributed by atoms with van der Waals surface area (Å²) in [6.45, 7) is 9.73. The second-order valence-electron chi connectivity index (χ2n) is 2.35. The van der Waals surface area contributed by atoms with E-state index < -0.39 is 0 Å². The highest BCUT2D eigenvalue weighted by atomic mass is 15.3. The van der Waals surface area contributed by atoms with Gasteiger partial charge in [-0.2, -0.15) is 5.10 Å². The van der Waals surface area contributed by atoms with Crippen molar-refractivity contribution in [3.05, 3.63) is 12.7 Å². The Hall–Kier alpha value is -0.790. The van der Waals surface area contributed by atoms with Gasteiger partial charge >= 0.3 is 0 Å². The Bertz CT molecular complexity index is 127. The van der Waals surface area contributed by atoms with Crippen molar-refractivity contribution in [2.24, 2.45) is 5.10 Å². The number of nitrogens with zero attached hydrogens (tertiary/aromatic N) is 1. The van der Waals surface area contributed by atoms with E-state index in [0.717, 1.165) is 12.1 Å². The second-order valence-corrected chi connectivity index (χ2v) is 2.35. The van der Waals surface area contributed by atoms with Crippen molar-refractivity contribution in [1.82, 2.24) is 5.43 Å². The van der Waals surface area contributed by atoms with Crippen LogP contribution in [0.2, 0.25) is 0 Å². The summed E-state index contributed by atoms with van der Waals surface area (Å²) in [5, 5.41) is 4.11. The molecule has 0 aliphatic heterocycles. The molecular formula is C8H16N2. The van der Waals surface area contributed by atoms with Crippen molar-refractivity contribution >= 4 is 5.71 Å². The van der Waals surface area contributed by atoms with Crippen molar-refractivity contribution in [2.45, 2.75) is 33.2 Å². The van der Waals surface area contributed by atoms with Crippen molar-refractivity contribution in [3.63, 3.8) is 0 Å². The highest BCUT2D eigenvalue weighted by Gasteiger charge is 1.89. The van der Waals surface area contributed by atoms with Gasteiger partial charge in [-0.3, -0.25) is 0 Å². The molecule has 0 aromatic carbocycles. The first-order valence-corrected chi connectivity index (χ1v) is 3.62. The van der Waals surface area contributed by atoms with E-state index in [-0.39, 0.29) is 6.04 Å². The molecule has 2 heteroatoms. The van der Waals surface area contributed by atoms with Crippen LogP contribution in [0.4, 0.5) is 0 Å². The number of hydrogen-bond acceptors (Lipinski definition) is 2. The van der Waals surface area contributed by atoms with Gasteiger partial charge in [0.05, 0.1) is 6.04 Å². The van der Waals surface area contributed by atoms with Gasteiger partial charge in [-0.15, -0.1) is 6.58 Å². The van der Waals surface area contributed by atoms with Gasteiger partial charge in [0, 0.05) is 5.71 Å². The molecule has 1 atom stereocenters. The van der Waals surface area contributed by atoms with Crippen LogP contribution in [0.15, 0.2) is 17.8 Å². The van der Waals surface area contributed by atoms with Crippen LogP contribution in [0.5, 0.6) is 0 Å². The summed E-state index contributed by atoms with van der Waals surface area (Å²) in [5.41, 5.74) is 4.07. The van der Waals surface area contributed by atoms with Gasteiger partial charge in [0.2, 0.25) is 0 Å². The summed E-state index contributed by atoms with van der Waals surface area (Å²) in [6, 6.07) is 0.265. The fourth-order valence-electron chi connectivity index (χ4n) is 0.344. The normalized spacial score (nSPS) is 14.5. The number of hydrazone groups is 1. The van der Waals surface area contributed by atoms with Crippen LogP contribution in [-0.4, -0.2) is 11.8 Å². The van der Waals surface area contributed by atoms with Crippen molar-refractivity contribution in [3.8, 4) is 0 Å². The Morgan fingerprint density at radius 3 is 2.80 bits per heavy atom. The summed E-state index contributed by atoms with van der Waals surface area (Å²) in [6.07, 6.45) is 2.82. The first kappa shape index (κ1) is 9.21. The van der Waals surface area contributed by atoms with E-state index in [1.807, 2.05) is 19.9 Å². The van der Waals surface area contributed by atoms with E-state index >= 15 is 0 Å². The van der Waals surface area contributed by atoms with Crippen molar-refractivity contribution in [2.75, 3.05) is 0 Å². The van der Waals surface area contributed by atoms with Crippen LogP contribution in [0.3, 0.4) is 0 Å². The van der Waals surface area contributed by atoms with Crippen LogP contribution < -0.4 is 5.43 Å². The average molecular weight is 140 g/mol. The third-order valence-electron chi connectivity index (χ3n) is 1.32. The molecule has 2 nitrogen and oxygen atoms in total. The first-order valence-electron chi connectivity index (χ1n) is 3.62. The lowest BCUT2D eigenvalue weighted by atomic mass is 10.3. The third kappa shape index (κ3) is 4.13. The molecule has 0 rings (SSSR count). The third-order valence-corrected chi connectivity index (χ3v) is 1.32. The van der Waals surface area contributed by atoms with Crippen LogP contribution in [-0.2, 0) is 0 Å². The standard InChI is InChI=1S/C8H16N2/c1-5-7(3)9-10-8(4)6-2/h5,7,9H,1,6H2,2-4H3/b10-8+. The quantitative estimate of drug-likeness (QED) is 0.360. The molecule has 0 radical (unpaired) electrons. The molecule has 1 N–H and O–H groups in total. The molecular weight excluding hydrogens is 124 g/mol. The summed E-state index contributed by atoms with van der Waals surface area (Å²) < 4.78 is 0. The minimum absolute atomic E-state index is 0.265. The predicted molar refractivity (Wildman–Crippen MR) is 46.2 cm³/mol. The molecule has 1 unspecified atom stereocenters. The van der Waals surface area contributed by atoms with Crippen LogP contribution >= 0.6 is 0 Å². The van der Waals surface area contributed by atoms with Crippen molar-refractivity contribution < 1.29 is 0 Å². The summed E-state index contributed by atoms with van der Waals surface area (Å²) >= 11 is 0. The lowest BCUT2D eigenvalue weighted by Crippen LogP contribution is -2.18. The van der Waals surface area contributed by atoms with Crippen molar-refractivity contribution in [1.29, 1.82) is 0 Å². The highest BCUT2D eigenvalue weighted by Crippen LogP contribution is 1.84. The molecule has 0 aromatic heterocycles. The molecule has 58 valence electrons. The van der Waals surface area contributed by atoms with Gasteiger partial charge in [0.1, 0.15) is 0 Å². The Labute approximate surface area is 63.0 Å². The monoisotopic (exact) mass is 140 g/mol. The van der Waals surface area contributed by atoms with Gasteiger partial charge in [-0.25, -0.2) is 0 Å². The smallest absolute Gasteiger partial charge is 0.0589 e. The van der Waals surface area contributed by atoms with Gasteiger partial charge in [-0.1, -0.05) is 13.0 Å². The van der Waals surface area contributed by atoms with Crippen LogP contribution in [0.25, 0.3) is 0 Å². The lowest BCUT2D eigenvalue weighted by Gasteiger charge is -2.04. The van der Waals surface area contributed by atoms with Crippen LogP contribution in [0, 0.1) is 0 Å². The molecule has 0 aromatic rings. The zero-order valence-electron chi connectivity index (χ0n) is 7.02. The molecule has 0 heterocycles. The SMILES string of the molecule is C=CC(C)N/N=C(\C)CC. The number of nitrogens with one attached hydrogen (secondary N) is 1. The minimum Gasteiger partial charge on any atom is -0.304 e. The Morgan fingerprint density at radius 1 is 1.80 bits per heavy atom. The topological polar surface area (TPSA) is 24.4 Å². The molecule has 10 heavy (non-hydrogen) atoms. The maximum atomic E-state index is 4.11. The van der Waals surface area contributed by atoms with E-state index in [4.69, 9.17) is 0 Å². The molecule has 0 saturated carbocycles. The Kier molecular flexibility index (Phi) is 4.63. The predicted octanol–water partition coefficient (Wildman–Crippen LogP) is 1.94. The van der Waals surface area contributed by atoms with E-state index in [9.17, 15) is 0 Å². The van der Waals surface area contributed by atoms with Gasteiger partial charge in [0.25, 0.3) is 0 Å². The highest BCUT2D eigenvalue weighted by molar-refractivity contribution is 5.81. The zero-order valence-corrected chi connectivity index (χ0v) is 7.02. The molecule has 0 saturated heterocycles. The van der Waals surface area contributed by atoms with E-state index in [2.05, 4.69) is 24.0 Å². The lowest BCUT2D eigenvalue weighted by molar-refractivity contribution is 0.670. The van der Waals surface area contributed by atoms with E-state index in [1.165, 1.54) is 0 Å². The van der Waals surface area contributed by atoms with Gasteiger partial charge in [0.15, 0.2) is 0 Å². The summed E-state index contributed by atoms with van der Waals surface area (Å²) in [7, 11) is 0.